The average molecular weight is 374 g/mol. The Morgan fingerprint density at radius 1 is 1.20 bits per heavy atom. The zero-order valence-corrected chi connectivity index (χ0v) is 15.2. The molecule has 0 radical (unpaired) electrons. The Bertz CT molecular complexity index is 909. The number of anilines is 1. The molecule has 0 aliphatic rings. The molecule has 0 aliphatic carbocycles. The normalized spacial score (nSPS) is 10.7. The number of pyridine rings is 1. The van der Waals surface area contributed by atoms with Crippen LogP contribution in [0.15, 0.2) is 54.9 Å². The van der Waals surface area contributed by atoms with Crippen molar-refractivity contribution in [2.24, 2.45) is 0 Å². The van der Waals surface area contributed by atoms with Gasteiger partial charge in [0.25, 0.3) is 5.91 Å². The van der Waals surface area contributed by atoms with Gasteiger partial charge in [-0.15, -0.1) is 11.6 Å². The van der Waals surface area contributed by atoms with Gasteiger partial charge >= 0.3 is 0 Å². The monoisotopic (exact) mass is 373 g/mol. The zero-order valence-electron chi connectivity index (χ0n) is 13.7. The fourth-order valence-electron chi connectivity index (χ4n) is 2.55. The van der Waals surface area contributed by atoms with Gasteiger partial charge in [-0.2, -0.15) is 0 Å². The summed E-state index contributed by atoms with van der Waals surface area (Å²) in [5, 5.41) is 5.57. The van der Waals surface area contributed by atoms with E-state index in [1.807, 2.05) is 42.5 Å². The minimum Gasteiger partial charge on any atom is -0.366 e. The highest BCUT2D eigenvalue weighted by molar-refractivity contribution is 6.33. The number of amides is 1. The third-order valence-electron chi connectivity index (χ3n) is 3.94. The second kappa shape index (κ2) is 7.72. The lowest BCUT2D eigenvalue weighted by Gasteiger charge is -2.20. The Kier molecular flexibility index (Phi) is 5.41. The molecular weight excluding hydrogens is 357 g/mol. The van der Waals surface area contributed by atoms with Crippen LogP contribution in [0.25, 0.3) is 10.8 Å². The van der Waals surface area contributed by atoms with Crippen LogP contribution in [-0.4, -0.2) is 29.5 Å². The van der Waals surface area contributed by atoms with E-state index in [2.05, 4.69) is 10.3 Å². The number of hydrogen-bond donors (Lipinski definition) is 1. The first-order valence-corrected chi connectivity index (χ1v) is 8.68. The van der Waals surface area contributed by atoms with Gasteiger partial charge in [0.1, 0.15) is 0 Å². The summed E-state index contributed by atoms with van der Waals surface area (Å²) >= 11 is 12.0. The van der Waals surface area contributed by atoms with E-state index in [9.17, 15) is 4.79 Å². The predicted molar refractivity (Wildman–Crippen MR) is 103 cm³/mol. The smallest absolute Gasteiger partial charge is 0.257 e. The van der Waals surface area contributed by atoms with E-state index in [-0.39, 0.29) is 5.91 Å². The van der Waals surface area contributed by atoms with E-state index in [4.69, 9.17) is 23.2 Å². The van der Waals surface area contributed by atoms with Crippen LogP contribution in [0, 0.1) is 0 Å². The summed E-state index contributed by atoms with van der Waals surface area (Å²) in [7, 11) is 1.73. The first-order valence-electron chi connectivity index (χ1n) is 7.76. The topological polar surface area (TPSA) is 45.2 Å². The zero-order chi connectivity index (χ0) is 17.8. The SMILES string of the molecule is CN(CNc1ccc(CCl)cc1Cl)C(=O)c1cncc2ccccc12. The van der Waals surface area contributed by atoms with Gasteiger partial charge in [0.05, 0.1) is 22.9 Å². The molecule has 128 valence electrons. The van der Waals surface area contributed by atoms with Crippen LogP contribution in [0.5, 0.6) is 0 Å². The molecule has 3 aromatic rings. The molecule has 2 aromatic carbocycles. The van der Waals surface area contributed by atoms with Crippen molar-refractivity contribution in [3.05, 3.63) is 71.0 Å². The molecule has 1 heterocycles. The van der Waals surface area contributed by atoms with E-state index < -0.39 is 0 Å². The summed E-state index contributed by atoms with van der Waals surface area (Å²) in [4.78, 5) is 18.5. The molecule has 0 spiro atoms. The fourth-order valence-corrected chi connectivity index (χ4v) is 2.99. The van der Waals surface area contributed by atoms with Crippen molar-refractivity contribution >= 4 is 45.6 Å². The molecule has 0 saturated heterocycles. The van der Waals surface area contributed by atoms with Gasteiger partial charge in [-0.1, -0.05) is 41.9 Å². The molecule has 0 saturated carbocycles. The molecule has 0 aliphatic heterocycles. The summed E-state index contributed by atoms with van der Waals surface area (Å²) in [6.45, 7) is 0.321. The van der Waals surface area contributed by atoms with Crippen LogP contribution >= 0.6 is 23.2 Å². The summed E-state index contributed by atoms with van der Waals surface area (Å²) in [6, 6.07) is 13.3. The molecule has 1 aromatic heterocycles. The lowest BCUT2D eigenvalue weighted by Crippen LogP contribution is -2.32. The van der Waals surface area contributed by atoms with Gasteiger partial charge in [-0.3, -0.25) is 9.78 Å². The lowest BCUT2D eigenvalue weighted by atomic mass is 10.1. The summed E-state index contributed by atoms with van der Waals surface area (Å²) < 4.78 is 0. The van der Waals surface area contributed by atoms with Crippen molar-refractivity contribution in [2.45, 2.75) is 5.88 Å². The third kappa shape index (κ3) is 3.86. The molecular formula is C19H17Cl2N3O. The summed E-state index contributed by atoms with van der Waals surface area (Å²) in [6.07, 6.45) is 3.35. The molecule has 1 N–H and O–H groups in total. The van der Waals surface area contributed by atoms with E-state index in [0.29, 0.717) is 23.1 Å². The number of benzene rings is 2. The number of carbonyl (C=O) groups is 1. The van der Waals surface area contributed by atoms with Crippen molar-refractivity contribution in [3.63, 3.8) is 0 Å². The molecule has 0 bridgehead atoms. The van der Waals surface area contributed by atoms with Crippen molar-refractivity contribution in [1.29, 1.82) is 0 Å². The van der Waals surface area contributed by atoms with Crippen LogP contribution < -0.4 is 5.32 Å². The predicted octanol–water partition coefficient (Wildman–Crippen LogP) is 4.77. The largest absolute Gasteiger partial charge is 0.366 e. The maximum atomic E-state index is 12.8. The Morgan fingerprint density at radius 3 is 2.76 bits per heavy atom. The van der Waals surface area contributed by atoms with Crippen LogP contribution in [0.1, 0.15) is 15.9 Å². The van der Waals surface area contributed by atoms with Crippen LogP contribution in [-0.2, 0) is 5.88 Å². The van der Waals surface area contributed by atoms with Crippen molar-refractivity contribution < 1.29 is 4.79 Å². The number of halogens is 2. The Hall–Kier alpha value is -2.30. The second-order valence-corrected chi connectivity index (χ2v) is 6.37. The second-order valence-electron chi connectivity index (χ2n) is 5.69. The van der Waals surface area contributed by atoms with Crippen molar-refractivity contribution in [2.75, 3.05) is 19.0 Å². The van der Waals surface area contributed by atoms with Gasteiger partial charge in [0, 0.05) is 30.7 Å². The van der Waals surface area contributed by atoms with Gasteiger partial charge in [-0.05, 0) is 23.1 Å². The van der Waals surface area contributed by atoms with Gasteiger partial charge in [0.15, 0.2) is 0 Å². The first kappa shape index (κ1) is 17.5. The minimum atomic E-state index is -0.106. The number of hydrogen-bond acceptors (Lipinski definition) is 3. The quantitative estimate of drug-likeness (QED) is 0.517. The molecule has 3 rings (SSSR count). The van der Waals surface area contributed by atoms with E-state index >= 15 is 0 Å². The molecule has 0 unspecified atom stereocenters. The molecule has 25 heavy (non-hydrogen) atoms. The Balaban J connectivity index is 1.74. The van der Waals surface area contributed by atoms with Gasteiger partial charge in [-0.25, -0.2) is 0 Å². The third-order valence-corrected chi connectivity index (χ3v) is 4.56. The number of carbonyl (C=O) groups excluding carboxylic acids is 1. The number of nitrogens with zero attached hydrogens (tertiary/aromatic N) is 2. The maximum Gasteiger partial charge on any atom is 0.257 e. The molecule has 6 heteroatoms. The lowest BCUT2D eigenvalue weighted by molar-refractivity contribution is 0.0806. The molecule has 0 fully saturated rings. The van der Waals surface area contributed by atoms with Crippen molar-refractivity contribution in [3.8, 4) is 0 Å². The van der Waals surface area contributed by atoms with Crippen molar-refractivity contribution in [1.82, 2.24) is 9.88 Å². The first-order chi connectivity index (χ1) is 12.1. The summed E-state index contributed by atoms with van der Waals surface area (Å²) in [5.74, 6) is 0.303. The Labute approximate surface area is 156 Å². The van der Waals surface area contributed by atoms with Crippen LogP contribution in [0.2, 0.25) is 5.02 Å². The van der Waals surface area contributed by atoms with E-state index in [1.165, 1.54) is 0 Å². The highest BCUT2D eigenvalue weighted by Gasteiger charge is 2.15. The number of fused-ring (bicyclic) bond motifs is 1. The number of rotatable bonds is 5. The molecule has 4 nitrogen and oxygen atoms in total. The van der Waals surface area contributed by atoms with Gasteiger partial charge < -0.3 is 10.2 Å². The molecule has 1 amide bonds. The highest BCUT2D eigenvalue weighted by Crippen LogP contribution is 2.24. The molecule has 0 atom stereocenters. The van der Waals surface area contributed by atoms with E-state index in [0.717, 1.165) is 22.0 Å². The highest BCUT2D eigenvalue weighted by atomic mass is 35.5. The number of nitrogens with one attached hydrogen (secondary N) is 1. The summed E-state index contributed by atoms with van der Waals surface area (Å²) in [5.41, 5.74) is 2.28. The minimum absolute atomic E-state index is 0.106. The maximum absolute atomic E-state index is 12.8. The number of aromatic nitrogens is 1. The fraction of sp³-hybridized carbons (Fsp3) is 0.158. The standard InChI is InChI=1S/C19H17Cl2N3O/c1-24(12-23-18-7-6-13(9-20)8-17(18)21)19(25)16-11-22-10-14-4-2-3-5-15(14)16/h2-8,10-11,23H,9,12H2,1H3. The Morgan fingerprint density at radius 2 is 2.00 bits per heavy atom. The van der Waals surface area contributed by atoms with Crippen LogP contribution in [0.4, 0.5) is 5.69 Å². The average Bonchev–Trinajstić information content (AvgIpc) is 2.65. The van der Waals surface area contributed by atoms with Crippen LogP contribution in [0.3, 0.4) is 0 Å². The number of alkyl halides is 1. The van der Waals surface area contributed by atoms with E-state index in [1.54, 1.807) is 24.3 Å². The van der Waals surface area contributed by atoms with Gasteiger partial charge in [0.2, 0.25) is 0 Å².